The zero-order chi connectivity index (χ0) is 11.0. The molecule has 1 aliphatic rings. The fourth-order valence-corrected chi connectivity index (χ4v) is 2.52. The number of hydrogen-bond donors (Lipinski definition) is 1. The maximum Gasteiger partial charge on any atom is 0.166 e. The fourth-order valence-electron chi connectivity index (χ4n) is 2.52. The van der Waals surface area contributed by atoms with Gasteiger partial charge in [-0.3, -0.25) is 4.79 Å². The van der Waals surface area contributed by atoms with Crippen molar-refractivity contribution in [1.29, 1.82) is 0 Å². The first kappa shape index (κ1) is 10.2. The van der Waals surface area contributed by atoms with Crippen LogP contribution in [-0.2, 0) is 0 Å². The maximum absolute atomic E-state index is 12.1. The second kappa shape index (κ2) is 3.69. The summed E-state index contributed by atoms with van der Waals surface area (Å²) in [6, 6.07) is 5.71. The molecular formula is C13H17NO. The minimum Gasteiger partial charge on any atom is -0.399 e. The number of carbonyl (C=O) groups excluding carboxylic acids is 1. The van der Waals surface area contributed by atoms with Gasteiger partial charge in [0, 0.05) is 17.2 Å². The Balaban J connectivity index is 2.41. The normalized spacial score (nSPS) is 24.3. The van der Waals surface area contributed by atoms with Gasteiger partial charge < -0.3 is 5.73 Å². The molecule has 1 aromatic rings. The van der Waals surface area contributed by atoms with Crippen molar-refractivity contribution in [3.8, 4) is 0 Å². The van der Waals surface area contributed by atoms with Gasteiger partial charge >= 0.3 is 0 Å². The number of carbonyl (C=O) groups is 1. The zero-order valence-electron chi connectivity index (χ0n) is 9.29. The Morgan fingerprint density at radius 3 is 2.80 bits per heavy atom. The molecular weight excluding hydrogens is 186 g/mol. The van der Waals surface area contributed by atoms with Crippen LogP contribution in [0.15, 0.2) is 18.2 Å². The smallest absolute Gasteiger partial charge is 0.166 e. The number of benzene rings is 1. The van der Waals surface area contributed by atoms with Crippen LogP contribution in [0.2, 0.25) is 0 Å². The Morgan fingerprint density at radius 2 is 2.13 bits per heavy atom. The van der Waals surface area contributed by atoms with E-state index >= 15 is 0 Å². The van der Waals surface area contributed by atoms with Gasteiger partial charge in [0.25, 0.3) is 0 Å². The molecule has 2 heteroatoms. The summed E-state index contributed by atoms with van der Waals surface area (Å²) < 4.78 is 0. The van der Waals surface area contributed by atoms with Crippen LogP contribution >= 0.6 is 0 Å². The first-order valence-electron chi connectivity index (χ1n) is 5.58. The predicted octanol–water partition coefficient (Wildman–Crippen LogP) is 2.98. The molecule has 0 heterocycles. The van der Waals surface area contributed by atoms with E-state index in [1.807, 2.05) is 18.2 Å². The molecule has 0 fully saturated rings. The van der Waals surface area contributed by atoms with E-state index in [4.69, 9.17) is 5.73 Å². The van der Waals surface area contributed by atoms with Crippen molar-refractivity contribution in [1.82, 2.24) is 0 Å². The van der Waals surface area contributed by atoms with Crippen molar-refractivity contribution in [3.63, 3.8) is 0 Å². The third-order valence-electron chi connectivity index (χ3n) is 3.37. The quantitative estimate of drug-likeness (QED) is 0.751. The van der Waals surface area contributed by atoms with Crippen molar-refractivity contribution in [2.75, 3.05) is 5.73 Å². The number of anilines is 1. The van der Waals surface area contributed by atoms with Crippen LogP contribution in [0.25, 0.3) is 0 Å². The Morgan fingerprint density at radius 1 is 1.40 bits per heavy atom. The molecule has 2 nitrogen and oxygen atoms in total. The molecule has 0 bridgehead atoms. The van der Waals surface area contributed by atoms with Gasteiger partial charge in [-0.15, -0.1) is 0 Å². The lowest BCUT2D eigenvalue weighted by Gasteiger charge is -2.12. The molecule has 0 aromatic heterocycles. The summed E-state index contributed by atoms with van der Waals surface area (Å²) >= 11 is 0. The highest BCUT2D eigenvalue weighted by atomic mass is 16.1. The molecule has 0 amide bonds. The van der Waals surface area contributed by atoms with Crippen LogP contribution in [0.3, 0.4) is 0 Å². The third-order valence-corrected chi connectivity index (χ3v) is 3.37. The molecule has 0 aliphatic heterocycles. The minimum atomic E-state index is 0.173. The molecule has 0 spiro atoms. The summed E-state index contributed by atoms with van der Waals surface area (Å²) in [5.41, 5.74) is 8.41. The Bertz CT molecular complexity index is 398. The van der Waals surface area contributed by atoms with E-state index in [1.54, 1.807) is 0 Å². The molecule has 0 saturated carbocycles. The lowest BCUT2D eigenvalue weighted by Crippen LogP contribution is -2.11. The largest absolute Gasteiger partial charge is 0.399 e. The monoisotopic (exact) mass is 203 g/mol. The highest BCUT2D eigenvalue weighted by Gasteiger charge is 2.35. The summed E-state index contributed by atoms with van der Waals surface area (Å²) in [5, 5.41) is 0. The van der Waals surface area contributed by atoms with Crippen LogP contribution in [0, 0.1) is 5.92 Å². The highest BCUT2D eigenvalue weighted by molar-refractivity contribution is 6.03. The number of hydrogen-bond acceptors (Lipinski definition) is 2. The van der Waals surface area contributed by atoms with E-state index in [1.165, 1.54) is 5.56 Å². The summed E-state index contributed by atoms with van der Waals surface area (Å²) in [6.07, 6.45) is 2.04. The SMILES string of the molecule is CCCC1C(=O)c2cc(N)ccc2C1C. The Labute approximate surface area is 90.5 Å². The van der Waals surface area contributed by atoms with Gasteiger partial charge in [0.15, 0.2) is 5.78 Å². The van der Waals surface area contributed by atoms with Crippen molar-refractivity contribution >= 4 is 11.5 Å². The lowest BCUT2D eigenvalue weighted by atomic mass is 9.90. The van der Waals surface area contributed by atoms with Crippen molar-refractivity contribution in [2.24, 2.45) is 5.92 Å². The third kappa shape index (κ3) is 1.54. The number of nitrogens with two attached hydrogens (primary N) is 1. The van der Waals surface area contributed by atoms with Crippen LogP contribution in [0.4, 0.5) is 5.69 Å². The number of nitrogen functional groups attached to an aromatic ring is 1. The molecule has 2 N–H and O–H groups in total. The van der Waals surface area contributed by atoms with Crippen LogP contribution in [-0.4, -0.2) is 5.78 Å². The van der Waals surface area contributed by atoms with Crippen molar-refractivity contribution in [3.05, 3.63) is 29.3 Å². The zero-order valence-corrected chi connectivity index (χ0v) is 9.29. The molecule has 2 atom stereocenters. The van der Waals surface area contributed by atoms with Crippen molar-refractivity contribution in [2.45, 2.75) is 32.6 Å². The number of fused-ring (bicyclic) bond motifs is 1. The standard InChI is InChI=1S/C13H17NO/c1-3-4-11-8(2)10-6-5-9(14)7-12(10)13(11)15/h5-8,11H,3-4,14H2,1-2H3. The van der Waals surface area contributed by atoms with E-state index in [2.05, 4.69) is 13.8 Å². The first-order chi connectivity index (χ1) is 7.15. The first-order valence-corrected chi connectivity index (χ1v) is 5.58. The van der Waals surface area contributed by atoms with Gasteiger partial charge in [-0.25, -0.2) is 0 Å². The molecule has 1 aliphatic carbocycles. The lowest BCUT2D eigenvalue weighted by molar-refractivity contribution is 0.0919. The summed E-state index contributed by atoms with van der Waals surface area (Å²) in [4.78, 5) is 12.1. The summed E-state index contributed by atoms with van der Waals surface area (Å²) in [6.45, 7) is 4.26. The molecule has 2 unspecified atom stereocenters. The molecule has 0 saturated heterocycles. The number of rotatable bonds is 2. The minimum absolute atomic E-state index is 0.173. The van der Waals surface area contributed by atoms with Crippen LogP contribution < -0.4 is 5.73 Å². The van der Waals surface area contributed by atoms with E-state index in [0.29, 0.717) is 11.6 Å². The van der Waals surface area contributed by atoms with E-state index in [0.717, 1.165) is 18.4 Å². The van der Waals surface area contributed by atoms with E-state index in [9.17, 15) is 4.79 Å². The summed E-state index contributed by atoms with van der Waals surface area (Å²) in [7, 11) is 0. The molecule has 1 aromatic carbocycles. The van der Waals surface area contributed by atoms with Crippen LogP contribution in [0.5, 0.6) is 0 Å². The summed E-state index contributed by atoms with van der Waals surface area (Å²) in [5.74, 6) is 0.812. The average Bonchev–Trinajstić information content (AvgIpc) is 2.44. The van der Waals surface area contributed by atoms with Gasteiger partial charge in [0.1, 0.15) is 0 Å². The fraction of sp³-hybridized carbons (Fsp3) is 0.462. The second-order valence-electron chi connectivity index (χ2n) is 4.39. The Kier molecular flexibility index (Phi) is 2.51. The van der Waals surface area contributed by atoms with E-state index in [-0.39, 0.29) is 11.7 Å². The van der Waals surface area contributed by atoms with Gasteiger partial charge in [-0.1, -0.05) is 26.3 Å². The van der Waals surface area contributed by atoms with Gasteiger partial charge in [0.05, 0.1) is 0 Å². The maximum atomic E-state index is 12.1. The van der Waals surface area contributed by atoms with Gasteiger partial charge in [0.2, 0.25) is 0 Å². The predicted molar refractivity (Wildman–Crippen MR) is 62.0 cm³/mol. The van der Waals surface area contributed by atoms with Crippen LogP contribution in [0.1, 0.15) is 48.5 Å². The Hall–Kier alpha value is -1.31. The number of ketones is 1. The topological polar surface area (TPSA) is 43.1 Å². The van der Waals surface area contributed by atoms with Gasteiger partial charge in [-0.2, -0.15) is 0 Å². The van der Waals surface area contributed by atoms with Crippen molar-refractivity contribution < 1.29 is 4.79 Å². The highest BCUT2D eigenvalue weighted by Crippen LogP contribution is 2.40. The molecule has 80 valence electrons. The average molecular weight is 203 g/mol. The van der Waals surface area contributed by atoms with E-state index < -0.39 is 0 Å². The molecule has 15 heavy (non-hydrogen) atoms. The second-order valence-corrected chi connectivity index (χ2v) is 4.39. The molecule has 2 rings (SSSR count). The van der Waals surface area contributed by atoms with Gasteiger partial charge in [-0.05, 0) is 30.0 Å². The number of Topliss-reactive ketones (excluding diaryl/α,β-unsaturated/α-hetero) is 1. The molecule has 0 radical (unpaired) electrons.